The smallest absolute Gasteiger partial charge is 0.153 e. The summed E-state index contributed by atoms with van der Waals surface area (Å²) >= 11 is 0. The monoisotopic (exact) mass is 310 g/mol. The number of anilines is 4. The van der Waals surface area contributed by atoms with Gasteiger partial charge in [0.25, 0.3) is 0 Å². The first kappa shape index (κ1) is 14.8. The highest BCUT2D eigenvalue weighted by Crippen LogP contribution is 2.24. The minimum atomic E-state index is 0.612. The zero-order valence-electron chi connectivity index (χ0n) is 13.2. The molecule has 0 spiro atoms. The Labute approximate surface area is 134 Å². The van der Waals surface area contributed by atoms with Crippen LogP contribution in [0, 0.1) is 13.8 Å². The number of aromatic amines is 1. The quantitative estimate of drug-likeness (QED) is 0.670. The maximum absolute atomic E-state index is 5.33. The second kappa shape index (κ2) is 6.35. The highest BCUT2D eigenvalue weighted by molar-refractivity contribution is 5.61. The van der Waals surface area contributed by atoms with Crippen molar-refractivity contribution in [1.82, 2.24) is 20.2 Å². The van der Waals surface area contributed by atoms with Gasteiger partial charge < -0.3 is 15.4 Å². The number of nitrogens with one attached hydrogen (secondary N) is 3. The van der Waals surface area contributed by atoms with Crippen molar-refractivity contribution in [2.45, 2.75) is 13.8 Å². The predicted molar refractivity (Wildman–Crippen MR) is 89.7 cm³/mol. The zero-order chi connectivity index (χ0) is 16.2. The summed E-state index contributed by atoms with van der Waals surface area (Å²) in [5.74, 6) is 2.77. The third-order valence-corrected chi connectivity index (χ3v) is 3.28. The fourth-order valence-electron chi connectivity index (χ4n) is 2.15. The second-order valence-corrected chi connectivity index (χ2v) is 5.16. The molecule has 0 atom stereocenters. The summed E-state index contributed by atoms with van der Waals surface area (Å²) in [6.45, 7) is 3.94. The Balaban J connectivity index is 1.77. The third kappa shape index (κ3) is 3.57. The molecule has 23 heavy (non-hydrogen) atoms. The molecule has 0 saturated heterocycles. The lowest BCUT2D eigenvalue weighted by Crippen LogP contribution is -2.00. The van der Waals surface area contributed by atoms with Gasteiger partial charge in [-0.25, -0.2) is 4.98 Å². The van der Waals surface area contributed by atoms with E-state index >= 15 is 0 Å². The minimum Gasteiger partial charge on any atom is -0.496 e. The van der Waals surface area contributed by atoms with E-state index in [9.17, 15) is 0 Å². The Hall–Kier alpha value is -3.09. The van der Waals surface area contributed by atoms with Crippen molar-refractivity contribution in [3.05, 3.63) is 47.9 Å². The van der Waals surface area contributed by atoms with Gasteiger partial charge in [-0.1, -0.05) is 6.07 Å². The normalized spacial score (nSPS) is 10.4. The average molecular weight is 310 g/mol. The maximum atomic E-state index is 5.33. The summed E-state index contributed by atoms with van der Waals surface area (Å²) in [5, 5.41) is 13.3. The van der Waals surface area contributed by atoms with Gasteiger partial charge in [0.15, 0.2) is 17.5 Å². The number of aryl methyl sites for hydroxylation is 2. The standard InChI is InChI=1S/C16H18N6O/c1-10-4-5-12(7-13(10)23-3)18-15-8-17-9-16(20-15)19-14-6-11(2)21-22-14/h4-9H,1-3H3,(H3,18,19,20,21,22). The fourth-order valence-corrected chi connectivity index (χ4v) is 2.15. The Morgan fingerprint density at radius 1 is 1.00 bits per heavy atom. The van der Waals surface area contributed by atoms with E-state index in [4.69, 9.17) is 4.74 Å². The fraction of sp³-hybridized carbons (Fsp3) is 0.188. The van der Waals surface area contributed by atoms with Crippen LogP contribution >= 0.6 is 0 Å². The van der Waals surface area contributed by atoms with E-state index in [1.807, 2.05) is 38.1 Å². The Morgan fingerprint density at radius 3 is 2.48 bits per heavy atom. The summed E-state index contributed by atoms with van der Waals surface area (Å²) in [6.07, 6.45) is 3.30. The molecule has 0 aliphatic carbocycles. The molecule has 0 unspecified atom stereocenters. The lowest BCUT2D eigenvalue weighted by molar-refractivity contribution is 0.412. The average Bonchev–Trinajstić information content (AvgIpc) is 2.94. The Bertz CT molecular complexity index is 814. The topological polar surface area (TPSA) is 87.8 Å². The van der Waals surface area contributed by atoms with Crippen molar-refractivity contribution >= 4 is 23.1 Å². The van der Waals surface area contributed by atoms with Crippen LogP contribution in [0.3, 0.4) is 0 Å². The van der Waals surface area contributed by atoms with Crippen LogP contribution in [0.2, 0.25) is 0 Å². The van der Waals surface area contributed by atoms with E-state index in [-0.39, 0.29) is 0 Å². The van der Waals surface area contributed by atoms with Gasteiger partial charge in [0.2, 0.25) is 0 Å². The summed E-state index contributed by atoms with van der Waals surface area (Å²) in [7, 11) is 1.66. The van der Waals surface area contributed by atoms with Gasteiger partial charge in [-0.05, 0) is 25.5 Å². The number of nitrogens with zero attached hydrogens (tertiary/aromatic N) is 3. The zero-order valence-corrected chi connectivity index (χ0v) is 13.2. The van der Waals surface area contributed by atoms with Gasteiger partial charge in [-0.3, -0.25) is 10.1 Å². The molecule has 0 fully saturated rings. The number of hydrogen-bond acceptors (Lipinski definition) is 6. The van der Waals surface area contributed by atoms with Crippen LogP contribution in [0.4, 0.5) is 23.1 Å². The first-order valence-corrected chi connectivity index (χ1v) is 7.17. The van der Waals surface area contributed by atoms with Gasteiger partial charge >= 0.3 is 0 Å². The molecule has 3 N–H and O–H groups in total. The SMILES string of the molecule is COc1cc(Nc2cncc(Nc3cc(C)[nH]n3)n2)ccc1C. The molecule has 3 rings (SSSR count). The number of H-pyrrole nitrogens is 1. The summed E-state index contributed by atoms with van der Waals surface area (Å²) in [6, 6.07) is 7.78. The van der Waals surface area contributed by atoms with Crippen LogP contribution in [0.15, 0.2) is 36.7 Å². The van der Waals surface area contributed by atoms with E-state index in [1.54, 1.807) is 19.5 Å². The van der Waals surface area contributed by atoms with Gasteiger partial charge in [-0.15, -0.1) is 0 Å². The summed E-state index contributed by atoms with van der Waals surface area (Å²) in [4.78, 5) is 8.66. The van der Waals surface area contributed by atoms with Crippen molar-refractivity contribution in [3.63, 3.8) is 0 Å². The van der Waals surface area contributed by atoms with E-state index in [0.717, 1.165) is 22.7 Å². The van der Waals surface area contributed by atoms with Crippen LogP contribution in [0.5, 0.6) is 5.75 Å². The largest absolute Gasteiger partial charge is 0.496 e. The van der Waals surface area contributed by atoms with Gasteiger partial charge in [0.05, 0.1) is 19.5 Å². The molecule has 0 saturated carbocycles. The van der Waals surface area contributed by atoms with E-state index < -0.39 is 0 Å². The number of aromatic nitrogens is 4. The first-order valence-electron chi connectivity index (χ1n) is 7.17. The molecule has 7 heteroatoms. The first-order chi connectivity index (χ1) is 11.1. The molecular weight excluding hydrogens is 292 g/mol. The van der Waals surface area contributed by atoms with Crippen molar-refractivity contribution in [2.24, 2.45) is 0 Å². The molecule has 2 heterocycles. The molecular formula is C16H18N6O. The lowest BCUT2D eigenvalue weighted by Gasteiger charge is -2.10. The van der Waals surface area contributed by atoms with Crippen LogP contribution in [0.1, 0.15) is 11.3 Å². The van der Waals surface area contributed by atoms with Gasteiger partial charge in [0, 0.05) is 23.5 Å². The Kier molecular flexibility index (Phi) is 4.09. The van der Waals surface area contributed by atoms with Crippen LogP contribution in [0.25, 0.3) is 0 Å². The van der Waals surface area contributed by atoms with Crippen LogP contribution < -0.4 is 15.4 Å². The second-order valence-electron chi connectivity index (χ2n) is 5.16. The molecule has 2 aromatic heterocycles. The highest BCUT2D eigenvalue weighted by atomic mass is 16.5. The third-order valence-electron chi connectivity index (χ3n) is 3.28. The number of benzene rings is 1. The molecule has 0 bridgehead atoms. The van der Waals surface area contributed by atoms with E-state index in [2.05, 4.69) is 30.8 Å². The molecule has 0 aliphatic rings. The predicted octanol–water partition coefficient (Wildman–Crippen LogP) is 3.31. The van der Waals surface area contributed by atoms with Crippen LogP contribution in [-0.4, -0.2) is 27.3 Å². The Morgan fingerprint density at radius 2 is 1.78 bits per heavy atom. The number of ether oxygens (including phenoxy) is 1. The summed E-state index contributed by atoms with van der Waals surface area (Å²) < 4.78 is 5.33. The molecule has 7 nitrogen and oxygen atoms in total. The molecule has 0 radical (unpaired) electrons. The molecule has 3 aromatic rings. The van der Waals surface area contributed by atoms with Crippen molar-refractivity contribution in [2.75, 3.05) is 17.7 Å². The highest BCUT2D eigenvalue weighted by Gasteiger charge is 2.04. The summed E-state index contributed by atoms with van der Waals surface area (Å²) in [5.41, 5.74) is 2.93. The maximum Gasteiger partial charge on any atom is 0.153 e. The minimum absolute atomic E-state index is 0.612. The van der Waals surface area contributed by atoms with E-state index in [1.165, 1.54) is 0 Å². The number of rotatable bonds is 5. The van der Waals surface area contributed by atoms with Crippen LogP contribution in [-0.2, 0) is 0 Å². The van der Waals surface area contributed by atoms with Gasteiger partial charge in [-0.2, -0.15) is 5.10 Å². The molecule has 0 amide bonds. The molecule has 0 aliphatic heterocycles. The van der Waals surface area contributed by atoms with Crippen molar-refractivity contribution in [3.8, 4) is 5.75 Å². The number of hydrogen-bond donors (Lipinski definition) is 3. The van der Waals surface area contributed by atoms with E-state index in [0.29, 0.717) is 17.5 Å². The van der Waals surface area contributed by atoms with Crippen molar-refractivity contribution in [1.29, 1.82) is 0 Å². The van der Waals surface area contributed by atoms with Crippen molar-refractivity contribution < 1.29 is 4.74 Å². The lowest BCUT2D eigenvalue weighted by atomic mass is 10.2. The molecule has 118 valence electrons. The molecule has 1 aromatic carbocycles. The van der Waals surface area contributed by atoms with Gasteiger partial charge in [0.1, 0.15) is 5.75 Å². The number of methoxy groups -OCH3 is 1.